The predicted molar refractivity (Wildman–Crippen MR) is 171 cm³/mol. The first-order valence-electron chi connectivity index (χ1n) is 16.6. The molecular formula is C34H68O4Si. The quantitative estimate of drug-likeness (QED) is 0.0801. The van der Waals surface area contributed by atoms with Gasteiger partial charge in [-0.25, -0.2) is 0 Å². The summed E-state index contributed by atoms with van der Waals surface area (Å²) in [5.74, 6) is -0.618. The number of hydrogen-bond acceptors (Lipinski definition) is 4. The largest absolute Gasteiger partial charge is 0.414 e. The van der Waals surface area contributed by atoms with Crippen molar-refractivity contribution in [2.75, 3.05) is 0 Å². The molecule has 0 bridgehead atoms. The van der Waals surface area contributed by atoms with E-state index in [1.165, 1.54) is 77.0 Å². The van der Waals surface area contributed by atoms with E-state index in [1.807, 2.05) is 13.8 Å². The van der Waals surface area contributed by atoms with Crippen LogP contribution in [-0.2, 0) is 13.9 Å². The van der Waals surface area contributed by atoms with E-state index >= 15 is 0 Å². The summed E-state index contributed by atoms with van der Waals surface area (Å²) in [7, 11) is -1.84. The topological polar surface area (TPSA) is 47.9 Å². The van der Waals surface area contributed by atoms with Gasteiger partial charge in [-0.3, -0.25) is 0 Å². The van der Waals surface area contributed by atoms with Crippen LogP contribution in [0.1, 0.15) is 157 Å². The molecular weight excluding hydrogens is 500 g/mol. The van der Waals surface area contributed by atoms with E-state index in [0.29, 0.717) is 18.9 Å². The monoisotopic (exact) mass is 568 g/mol. The summed E-state index contributed by atoms with van der Waals surface area (Å²) in [6.07, 6.45) is 23.7. The van der Waals surface area contributed by atoms with Gasteiger partial charge in [-0.05, 0) is 57.7 Å². The maximum atomic E-state index is 10.3. The minimum atomic E-state index is -1.84. The van der Waals surface area contributed by atoms with Gasteiger partial charge >= 0.3 is 0 Å². The number of aliphatic hydroxyl groups excluding tert-OH is 1. The summed E-state index contributed by atoms with van der Waals surface area (Å²) >= 11 is 0. The third-order valence-electron chi connectivity index (χ3n) is 8.86. The molecule has 39 heavy (non-hydrogen) atoms. The van der Waals surface area contributed by atoms with Gasteiger partial charge in [0.15, 0.2) is 14.1 Å². The summed E-state index contributed by atoms with van der Waals surface area (Å²) in [6.45, 7) is 21.8. The number of hydrogen-bond donors (Lipinski definition) is 1. The van der Waals surface area contributed by atoms with Gasteiger partial charge in [-0.1, -0.05) is 111 Å². The van der Waals surface area contributed by atoms with Crippen molar-refractivity contribution >= 4 is 8.32 Å². The Morgan fingerprint density at radius 1 is 0.897 bits per heavy atom. The molecule has 4 atom stereocenters. The summed E-state index contributed by atoms with van der Waals surface area (Å²) in [6, 6.07) is 0. The maximum Gasteiger partial charge on any atom is 0.192 e. The minimum Gasteiger partial charge on any atom is -0.414 e. The SMILES string of the molecule is C=CC[C@@H](O)C[C@@H]1C[C@H](CC[C@H](CCCCCCCCCCCCCC)O[Si](C)(C)C(C)(C)C)OC(C)(C)O1. The molecule has 0 aliphatic carbocycles. The molecule has 0 amide bonds. The Morgan fingerprint density at radius 2 is 1.41 bits per heavy atom. The lowest BCUT2D eigenvalue weighted by molar-refractivity contribution is -0.303. The molecule has 5 heteroatoms. The van der Waals surface area contributed by atoms with E-state index in [0.717, 1.165) is 25.7 Å². The van der Waals surface area contributed by atoms with E-state index in [9.17, 15) is 5.11 Å². The van der Waals surface area contributed by atoms with Crippen LogP contribution in [0.2, 0.25) is 18.1 Å². The van der Waals surface area contributed by atoms with E-state index in [2.05, 4.69) is 47.4 Å². The first-order valence-corrected chi connectivity index (χ1v) is 19.5. The Hall–Kier alpha value is -0.203. The fourth-order valence-electron chi connectivity index (χ4n) is 5.57. The summed E-state index contributed by atoms with van der Waals surface area (Å²) in [5.41, 5.74) is 0. The average Bonchev–Trinajstić information content (AvgIpc) is 2.81. The van der Waals surface area contributed by atoms with Gasteiger partial charge in [0, 0.05) is 18.9 Å². The van der Waals surface area contributed by atoms with Gasteiger partial charge in [0.2, 0.25) is 0 Å². The Labute approximate surface area is 245 Å². The second kappa shape index (κ2) is 19.1. The van der Waals surface area contributed by atoms with Crippen LogP contribution in [0.3, 0.4) is 0 Å². The van der Waals surface area contributed by atoms with Crippen LogP contribution < -0.4 is 0 Å². The number of aliphatic hydroxyl groups is 1. The first kappa shape index (κ1) is 36.8. The molecule has 1 saturated heterocycles. The second-order valence-corrected chi connectivity index (χ2v) is 19.0. The molecule has 232 valence electrons. The summed E-state index contributed by atoms with van der Waals surface area (Å²) < 4.78 is 19.5. The normalized spacial score (nSPS) is 21.6. The van der Waals surface area contributed by atoms with Crippen molar-refractivity contribution in [2.45, 2.75) is 205 Å². The van der Waals surface area contributed by atoms with E-state index in [-0.39, 0.29) is 17.2 Å². The average molecular weight is 569 g/mol. The van der Waals surface area contributed by atoms with Crippen molar-refractivity contribution in [3.63, 3.8) is 0 Å². The summed E-state index contributed by atoms with van der Waals surface area (Å²) in [5, 5.41) is 10.5. The molecule has 0 unspecified atom stereocenters. The molecule has 1 aliphatic rings. The van der Waals surface area contributed by atoms with Gasteiger partial charge in [0.25, 0.3) is 0 Å². The second-order valence-electron chi connectivity index (χ2n) is 14.3. The third kappa shape index (κ3) is 16.7. The lowest BCUT2D eigenvalue weighted by Gasteiger charge is -2.42. The number of ether oxygens (including phenoxy) is 2. The Kier molecular flexibility index (Phi) is 18.0. The van der Waals surface area contributed by atoms with Gasteiger partial charge in [-0.15, -0.1) is 6.58 Å². The zero-order valence-corrected chi connectivity index (χ0v) is 28.5. The van der Waals surface area contributed by atoms with Crippen LogP contribution in [0.5, 0.6) is 0 Å². The molecule has 0 aromatic carbocycles. The first-order chi connectivity index (χ1) is 18.3. The molecule has 1 rings (SSSR count). The van der Waals surface area contributed by atoms with Crippen LogP contribution in [0.25, 0.3) is 0 Å². The van der Waals surface area contributed by atoms with E-state index in [1.54, 1.807) is 6.08 Å². The molecule has 1 aliphatic heterocycles. The van der Waals surface area contributed by atoms with E-state index in [4.69, 9.17) is 13.9 Å². The lowest BCUT2D eigenvalue weighted by Crippen LogP contribution is -2.46. The molecule has 0 aromatic heterocycles. The Bertz CT molecular complexity index is 627. The lowest BCUT2D eigenvalue weighted by atomic mass is 9.96. The highest BCUT2D eigenvalue weighted by Gasteiger charge is 2.40. The molecule has 0 spiro atoms. The fourth-order valence-corrected chi connectivity index (χ4v) is 7.00. The molecule has 4 nitrogen and oxygen atoms in total. The van der Waals surface area contributed by atoms with Crippen molar-refractivity contribution in [2.24, 2.45) is 0 Å². The van der Waals surface area contributed by atoms with Crippen molar-refractivity contribution in [1.82, 2.24) is 0 Å². The molecule has 1 heterocycles. The van der Waals surface area contributed by atoms with Crippen LogP contribution in [0.4, 0.5) is 0 Å². The van der Waals surface area contributed by atoms with Crippen molar-refractivity contribution in [3.05, 3.63) is 12.7 Å². The Balaban J connectivity index is 2.52. The van der Waals surface area contributed by atoms with Crippen LogP contribution >= 0.6 is 0 Å². The van der Waals surface area contributed by atoms with Gasteiger partial charge in [-0.2, -0.15) is 0 Å². The number of unbranched alkanes of at least 4 members (excludes halogenated alkanes) is 11. The highest BCUT2D eigenvalue weighted by molar-refractivity contribution is 6.74. The third-order valence-corrected chi connectivity index (χ3v) is 13.4. The standard InChI is InChI=1S/C34H68O4Si/c1-10-12-13-14-15-16-17-18-19-20-21-22-24-30(38-39(8,9)33(3,4)5)25-26-31-28-32(27-29(35)23-11-2)37-34(6,7)36-31/h11,29-32,35H,2,10,12-28H2,1,3-9H3/t29-,30+,31+,32-/m1/s1. The highest BCUT2D eigenvalue weighted by Crippen LogP contribution is 2.39. The fraction of sp³-hybridized carbons (Fsp3) is 0.941. The zero-order chi connectivity index (χ0) is 29.4. The molecule has 1 N–H and O–H groups in total. The summed E-state index contributed by atoms with van der Waals surface area (Å²) in [4.78, 5) is 0. The van der Waals surface area contributed by atoms with Crippen molar-refractivity contribution in [3.8, 4) is 0 Å². The van der Waals surface area contributed by atoms with Gasteiger partial charge in [0.05, 0.1) is 18.3 Å². The molecule has 1 fully saturated rings. The molecule has 0 aromatic rings. The van der Waals surface area contributed by atoms with Crippen LogP contribution in [0.15, 0.2) is 12.7 Å². The van der Waals surface area contributed by atoms with Gasteiger partial charge in [0.1, 0.15) is 0 Å². The predicted octanol–water partition coefficient (Wildman–Crippen LogP) is 10.5. The van der Waals surface area contributed by atoms with Crippen molar-refractivity contribution < 1.29 is 19.0 Å². The van der Waals surface area contributed by atoms with Crippen molar-refractivity contribution in [1.29, 1.82) is 0 Å². The van der Waals surface area contributed by atoms with Crippen LogP contribution in [-0.4, -0.2) is 43.6 Å². The van der Waals surface area contributed by atoms with Crippen LogP contribution in [0, 0.1) is 0 Å². The smallest absolute Gasteiger partial charge is 0.192 e. The maximum absolute atomic E-state index is 10.3. The minimum absolute atomic E-state index is 0.0183. The molecule has 0 saturated carbocycles. The van der Waals surface area contributed by atoms with E-state index < -0.39 is 20.2 Å². The number of rotatable bonds is 22. The molecule has 0 radical (unpaired) electrons. The van der Waals surface area contributed by atoms with Gasteiger partial charge < -0.3 is 19.0 Å². The Morgan fingerprint density at radius 3 is 1.92 bits per heavy atom. The highest BCUT2D eigenvalue weighted by atomic mass is 28.4. The zero-order valence-electron chi connectivity index (χ0n) is 27.5.